The Morgan fingerprint density at radius 2 is 1.82 bits per heavy atom. The van der Waals surface area contributed by atoms with Gasteiger partial charge >= 0.3 is 0 Å². The van der Waals surface area contributed by atoms with Crippen LogP contribution in [0, 0.1) is 0 Å². The molecule has 0 radical (unpaired) electrons. The highest BCUT2D eigenvalue weighted by atomic mass is 16.5. The molecular weight excluding hydrogens is 276 g/mol. The fourth-order valence-electron chi connectivity index (χ4n) is 2.67. The molecule has 2 aromatic carbocycles. The van der Waals surface area contributed by atoms with Gasteiger partial charge in [0.05, 0.1) is 23.2 Å². The number of rotatable bonds is 4. The maximum Gasteiger partial charge on any atom is 0.265 e. The van der Waals surface area contributed by atoms with Gasteiger partial charge < -0.3 is 4.74 Å². The first-order valence-corrected chi connectivity index (χ1v) is 7.34. The molecule has 0 aliphatic heterocycles. The number of hydrogen-bond acceptors (Lipinski definition) is 3. The number of aromatic nitrogens is 2. The van der Waals surface area contributed by atoms with Crippen LogP contribution in [0.25, 0.3) is 16.6 Å². The molecule has 0 unspecified atom stereocenters. The summed E-state index contributed by atoms with van der Waals surface area (Å²) in [6.07, 6.45) is 0.682. The van der Waals surface area contributed by atoms with Crippen LogP contribution >= 0.6 is 0 Å². The van der Waals surface area contributed by atoms with Gasteiger partial charge in [-0.2, -0.15) is 0 Å². The third kappa shape index (κ3) is 2.42. The van der Waals surface area contributed by atoms with Gasteiger partial charge in [0, 0.05) is 19.1 Å². The van der Waals surface area contributed by atoms with Crippen LogP contribution < -0.4 is 5.56 Å². The molecule has 22 heavy (non-hydrogen) atoms. The highest BCUT2D eigenvalue weighted by Crippen LogP contribution is 2.18. The lowest BCUT2D eigenvalue weighted by Gasteiger charge is -2.15. The van der Waals surface area contributed by atoms with Gasteiger partial charge in [-0.15, -0.1) is 0 Å². The molecular formula is C18H18N2O2. The van der Waals surface area contributed by atoms with E-state index in [9.17, 15) is 4.79 Å². The lowest BCUT2D eigenvalue weighted by molar-refractivity contribution is 0.184. The van der Waals surface area contributed by atoms with Gasteiger partial charge in [0.2, 0.25) is 0 Å². The molecule has 3 aromatic rings. The quantitative estimate of drug-likeness (QED) is 0.742. The van der Waals surface area contributed by atoms with Crippen LogP contribution in [0.2, 0.25) is 0 Å². The number of benzene rings is 2. The van der Waals surface area contributed by atoms with Crippen molar-refractivity contribution >= 4 is 10.9 Å². The molecule has 112 valence electrons. The summed E-state index contributed by atoms with van der Waals surface area (Å²) in [6.45, 7) is 2.46. The number of aryl methyl sites for hydroxylation is 1. The van der Waals surface area contributed by atoms with Crippen molar-refractivity contribution in [2.75, 3.05) is 7.11 Å². The normalized spacial score (nSPS) is 11.0. The predicted octanol–water partition coefficient (Wildman–Crippen LogP) is 3.09. The molecule has 4 heteroatoms. The van der Waals surface area contributed by atoms with Crippen molar-refractivity contribution in [3.8, 4) is 5.69 Å². The van der Waals surface area contributed by atoms with Crippen molar-refractivity contribution in [3.63, 3.8) is 0 Å². The van der Waals surface area contributed by atoms with Crippen LogP contribution in [0.5, 0.6) is 0 Å². The first-order valence-electron chi connectivity index (χ1n) is 7.34. The molecule has 1 aromatic heterocycles. The molecule has 0 saturated carbocycles. The zero-order chi connectivity index (χ0) is 15.5. The van der Waals surface area contributed by atoms with Gasteiger partial charge in [0.1, 0.15) is 5.82 Å². The Bertz CT molecular complexity index is 868. The fourth-order valence-corrected chi connectivity index (χ4v) is 2.67. The van der Waals surface area contributed by atoms with Crippen molar-refractivity contribution in [2.24, 2.45) is 0 Å². The van der Waals surface area contributed by atoms with E-state index >= 15 is 0 Å². The van der Waals surface area contributed by atoms with E-state index in [1.807, 2.05) is 55.5 Å². The van der Waals surface area contributed by atoms with E-state index in [0.717, 1.165) is 22.6 Å². The van der Waals surface area contributed by atoms with Crippen molar-refractivity contribution in [3.05, 3.63) is 70.3 Å². The lowest BCUT2D eigenvalue weighted by atomic mass is 10.1. The van der Waals surface area contributed by atoms with Crippen molar-refractivity contribution < 1.29 is 4.74 Å². The minimum atomic E-state index is -0.0361. The predicted molar refractivity (Wildman–Crippen MR) is 87.4 cm³/mol. The first kappa shape index (κ1) is 14.5. The summed E-state index contributed by atoms with van der Waals surface area (Å²) in [5, 5.41) is 0.631. The van der Waals surface area contributed by atoms with Gasteiger partial charge in [-0.05, 0) is 18.2 Å². The van der Waals surface area contributed by atoms with Crippen LogP contribution in [-0.4, -0.2) is 16.7 Å². The van der Waals surface area contributed by atoms with Crippen molar-refractivity contribution in [2.45, 2.75) is 20.0 Å². The van der Waals surface area contributed by atoms with E-state index < -0.39 is 0 Å². The Kier molecular flexibility index (Phi) is 4.02. The van der Waals surface area contributed by atoms with E-state index in [0.29, 0.717) is 18.4 Å². The minimum absolute atomic E-state index is 0.0361. The molecule has 0 atom stereocenters. The number of fused-ring (bicyclic) bond motifs is 1. The van der Waals surface area contributed by atoms with Crippen molar-refractivity contribution in [1.29, 1.82) is 0 Å². The topological polar surface area (TPSA) is 44.1 Å². The number of methoxy groups -OCH3 is 1. The third-order valence-electron chi connectivity index (χ3n) is 3.69. The second-order valence-corrected chi connectivity index (χ2v) is 5.10. The van der Waals surface area contributed by atoms with Gasteiger partial charge in [-0.3, -0.25) is 9.36 Å². The second kappa shape index (κ2) is 6.12. The minimum Gasteiger partial charge on any atom is -0.380 e. The highest BCUT2D eigenvalue weighted by molar-refractivity contribution is 5.77. The second-order valence-electron chi connectivity index (χ2n) is 5.10. The van der Waals surface area contributed by atoms with Crippen LogP contribution in [-0.2, 0) is 17.8 Å². The first-order chi connectivity index (χ1) is 10.8. The standard InChI is InChI=1S/C18H18N2O2/c1-3-17-19-15-10-6-5-9-14(15)18(21)20(17)16-11-7-4-8-13(16)12-22-2/h4-11H,3,12H2,1-2H3. The summed E-state index contributed by atoms with van der Waals surface area (Å²) >= 11 is 0. The number of para-hydroxylation sites is 2. The Morgan fingerprint density at radius 1 is 1.09 bits per heavy atom. The van der Waals surface area contributed by atoms with Crippen molar-refractivity contribution in [1.82, 2.24) is 9.55 Å². The summed E-state index contributed by atoms with van der Waals surface area (Å²) in [7, 11) is 1.65. The number of ether oxygens (including phenoxy) is 1. The molecule has 0 saturated heterocycles. The Hall–Kier alpha value is -2.46. The summed E-state index contributed by atoms with van der Waals surface area (Å²) in [5.74, 6) is 0.757. The SMILES string of the molecule is CCc1nc2ccccc2c(=O)n1-c1ccccc1COC. The maximum absolute atomic E-state index is 12.9. The van der Waals surface area contributed by atoms with Crippen LogP contribution in [0.15, 0.2) is 53.3 Å². The van der Waals surface area contributed by atoms with Crippen LogP contribution in [0.4, 0.5) is 0 Å². The van der Waals surface area contributed by atoms with Crippen LogP contribution in [0.1, 0.15) is 18.3 Å². The van der Waals surface area contributed by atoms with Gasteiger partial charge in [0.15, 0.2) is 0 Å². The highest BCUT2D eigenvalue weighted by Gasteiger charge is 2.13. The largest absolute Gasteiger partial charge is 0.380 e. The third-order valence-corrected chi connectivity index (χ3v) is 3.69. The van der Waals surface area contributed by atoms with Gasteiger partial charge in [0.25, 0.3) is 5.56 Å². The Labute approximate surface area is 129 Å². The number of hydrogen-bond donors (Lipinski definition) is 0. The molecule has 4 nitrogen and oxygen atoms in total. The number of nitrogens with zero attached hydrogens (tertiary/aromatic N) is 2. The van der Waals surface area contributed by atoms with E-state index in [1.165, 1.54) is 0 Å². The molecule has 0 aliphatic rings. The van der Waals surface area contributed by atoms with Gasteiger partial charge in [-0.1, -0.05) is 37.3 Å². The average molecular weight is 294 g/mol. The fraction of sp³-hybridized carbons (Fsp3) is 0.222. The Balaban J connectivity index is 2.35. The lowest BCUT2D eigenvalue weighted by Crippen LogP contribution is -2.24. The maximum atomic E-state index is 12.9. The smallest absolute Gasteiger partial charge is 0.265 e. The molecule has 0 spiro atoms. The van der Waals surface area contributed by atoms with Crippen LogP contribution in [0.3, 0.4) is 0 Å². The van der Waals surface area contributed by atoms with E-state index in [1.54, 1.807) is 11.7 Å². The van der Waals surface area contributed by atoms with Gasteiger partial charge in [-0.25, -0.2) is 4.98 Å². The molecule has 0 bridgehead atoms. The molecule has 0 amide bonds. The zero-order valence-corrected chi connectivity index (χ0v) is 12.7. The Morgan fingerprint density at radius 3 is 2.59 bits per heavy atom. The molecule has 0 aliphatic carbocycles. The van der Waals surface area contributed by atoms with E-state index in [2.05, 4.69) is 4.98 Å². The van der Waals surface area contributed by atoms with E-state index in [-0.39, 0.29) is 5.56 Å². The molecule has 3 rings (SSSR count). The molecule has 0 fully saturated rings. The summed E-state index contributed by atoms with van der Waals surface area (Å²) in [4.78, 5) is 17.6. The molecule has 1 heterocycles. The zero-order valence-electron chi connectivity index (χ0n) is 12.7. The summed E-state index contributed by atoms with van der Waals surface area (Å²) in [6, 6.07) is 15.2. The summed E-state index contributed by atoms with van der Waals surface area (Å²) < 4.78 is 6.96. The van der Waals surface area contributed by atoms with E-state index in [4.69, 9.17) is 4.74 Å². The monoisotopic (exact) mass is 294 g/mol. The molecule has 0 N–H and O–H groups in total. The average Bonchev–Trinajstić information content (AvgIpc) is 2.56. The summed E-state index contributed by atoms with van der Waals surface area (Å²) in [5.41, 5.74) is 2.51.